The summed E-state index contributed by atoms with van der Waals surface area (Å²) in [6.07, 6.45) is 1.92. The predicted octanol–water partition coefficient (Wildman–Crippen LogP) is 2.58. The summed E-state index contributed by atoms with van der Waals surface area (Å²) in [4.78, 5) is 0.924. The third-order valence-corrected chi connectivity index (χ3v) is 3.27. The molecule has 0 aliphatic carbocycles. The molecule has 2 N–H and O–H groups in total. The highest BCUT2D eigenvalue weighted by atomic mass is 35.5. The van der Waals surface area contributed by atoms with Gasteiger partial charge in [-0.05, 0) is 30.4 Å². The Kier molecular flexibility index (Phi) is 4.45. The van der Waals surface area contributed by atoms with Crippen LogP contribution in [0.4, 0.5) is 0 Å². The fourth-order valence-electron chi connectivity index (χ4n) is 1.38. The molecule has 15 heavy (non-hydrogen) atoms. The van der Waals surface area contributed by atoms with Crippen molar-refractivity contribution in [3.05, 3.63) is 28.8 Å². The highest BCUT2D eigenvalue weighted by Gasteiger charge is 2.13. The zero-order valence-electron chi connectivity index (χ0n) is 8.49. The summed E-state index contributed by atoms with van der Waals surface area (Å²) in [5, 5.41) is 20.8. The molecule has 0 amide bonds. The van der Waals surface area contributed by atoms with Gasteiger partial charge in [0.2, 0.25) is 0 Å². The van der Waals surface area contributed by atoms with Crippen LogP contribution in [0.3, 0.4) is 0 Å². The summed E-state index contributed by atoms with van der Waals surface area (Å²) in [6, 6.07) is 3.69. The lowest BCUT2D eigenvalue weighted by atomic mass is 10.0. The van der Waals surface area contributed by atoms with Gasteiger partial charge in [0.1, 0.15) is 0 Å². The Labute approximate surface area is 97.8 Å². The highest BCUT2D eigenvalue weighted by molar-refractivity contribution is 7.98. The molecule has 0 radical (unpaired) electrons. The van der Waals surface area contributed by atoms with Crippen molar-refractivity contribution in [2.45, 2.75) is 18.4 Å². The lowest BCUT2D eigenvalue weighted by Gasteiger charge is -2.11. The van der Waals surface area contributed by atoms with Gasteiger partial charge in [-0.2, -0.15) is 0 Å². The van der Waals surface area contributed by atoms with Crippen LogP contribution in [0, 0.1) is 6.92 Å². The third-order valence-electron chi connectivity index (χ3n) is 2.22. The van der Waals surface area contributed by atoms with Gasteiger partial charge in [0.05, 0.1) is 6.61 Å². The van der Waals surface area contributed by atoms with E-state index < -0.39 is 0 Å². The highest BCUT2D eigenvalue weighted by Crippen LogP contribution is 2.27. The Morgan fingerprint density at radius 2 is 2.20 bits per heavy atom. The smallest absolute Gasteiger partial charge is 0.176 e. The van der Waals surface area contributed by atoms with E-state index in [1.165, 1.54) is 11.8 Å². The van der Waals surface area contributed by atoms with Gasteiger partial charge in [-0.1, -0.05) is 22.8 Å². The quantitative estimate of drug-likeness (QED) is 0.373. The molecule has 0 fully saturated rings. The number of hydrogen-bond donors (Lipinski definition) is 2. The zero-order valence-corrected chi connectivity index (χ0v) is 10.1. The van der Waals surface area contributed by atoms with Gasteiger partial charge < -0.3 is 10.3 Å². The third kappa shape index (κ3) is 2.45. The summed E-state index contributed by atoms with van der Waals surface area (Å²) < 4.78 is 0. The van der Waals surface area contributed by atoms with Crippen LogP contribution < -0.4 is 0 Å². The molecular weight excluding hydrogens is 234 g/mol. The standard InChI is InChI=1S/C10H12ClNO2S/c1-6-7(5-13)3-4-8(15-2)9(6)10(11)12-14/h3-4,13-14H,5H2,1-2H3/b12-10-. The maximum atomic E-state index is 9.11. The van der Waals surface area contributed by atoms with Gasteiger partial charge in [0.15, 0.2) is 5.17 Å². The minimum Gasteiger partial charge on any atom is -0.410 e. The average Bonchev–Trinajstić information content (AvgIpc) is 2.27. The van der Waals surface area contributed by atoms with Crippen LogP contribution >= 0.6 is 23.4 Å². The van der Waals surface area contributed by atoms with Crippen molar-refractivity contribution in [1.82, 2.24) is 0 Å². The Balaban J connectivity index is 3.42. The number of benzene rings is 1. The molecule has 0 unspecified atom stereocenters. The van der Waals surface area contributed by atoms with Crippen molar-refractivity contribution in [3.63, 3.8) is 0 Å². The van der Waals surface area contributed by atoms with Crippen molar-refractivity contribution in [1.29, 1.82) is 0 Å². The molecule has 0 saturated carbocycles. The Morgan fingerprint density at radius 3 is 2.67 bits per heavy atom. The van der Waals surface area contributed by atoms with Crippen molar-refractivity contribution in [2.75, 3.05) is 6.26 Å². The number of hydrogen-bond acceptors (Lipinski definition) is 4. The minimum absolute atomic E-state index is 0.0483. The Morgan fingerprint density at radius 1 is 1.53 bits per heavy atom. The summed E-state index contributed by atoms with van der Waals surface area (Å²) in [5.41, 5.74) is 2.30. The van der Waals surface area contributed by atoms with E-state index in [9.17, 15) is 0 Å². The number of nitrogens with zero attached hydrogens (tertiary/aromatic N) is 1. The van der Waals surface area contributed by atoms with Crippen LogP contribution in [0.15, 0.2) is 22.2 Å². The van der Waals surface area contributed by atoms with Crippen LogP contribution in [-0.2, 0) is 6.61 Å². The fraction of sp³-hybridized carbons (Fsp3) is 0.300. The monoisotopic (exact) mass is 245 g/mol. The van der Waals surface area contributed by atoms with E-state index in [2.05, 4.69) is 5.16 Å². The zero-order chi connectivity index (χ0) is 11.4. The molecule has 1 aromatic carbocycles. The average molecular weight is 246 g/mol. The van der Waals surface area contributed by atoms with Crippen LogP contribution in [0.25, 0.3) is 0 Å². The van der Waals surface area contributed by atoms with Gasteiger partial charge in [-0.15, -0.1) is 11.8 Å². The minimum atomic E-state index is -0.0525. The molecule has 0 aliphatic heterocycles. The first-order valence-corrected chi connectivity index (χ1v) is 5.91. The van der Waals surface area contributed by atoms with Crippen molar-refractivity contribution in [3.8, 4) is 0 Å². The topological polar surface area (TPSA) is 52.8 Å². The number of rotatable bonds is 3. The molecule has 1 rings (SSSR count). The molecule has 0 heterocycles. The second-order valence-corrected chi connectivity index (χ2v) is 4.18. The molecule has 82 valence electrons. The fourth-order valence-corrected chi connectivity index (χ4v) is 2.34. The van der Waals surface area contributed by atoms with Crippen molar-refractivity contribution >= 4 is 28.5 Å². The molecule has 5 heteroatoms. The van der Waals surface area contributed by atoms with Gasteiger partial charge in [0, 0.05) is 10.5 Å². The maximum Gasteiger partial charge on any atom is 0.176 e. The van der Waals surface area contributed by atoms with Crippen LogP contribution in [0.5, 0.6) is 0 Å². The number of oxime groups is 1. The second-order valence-electron chi connectivity index (χ2n) is 2.98. The van der Waals surface area contributed by atoms with E-state index in [1.807, 2.05) is 25.3 Å². The number of aliphatic hydroxyl groups excluding tert-OH is 1. The summed E-state index contributed by atoms with van der Waals surface area (Å²) in [6.45, 7) is 1.79. The van der Waals surface area contributed by atoms with E-state index in [0.717, 1.165) is 16.0 Å². The van der Waals surface area contributed by atoms with Gasteiger partial charge >= 0.3 is 0 Å². The summed E-state index contributed by atoms with van der Waals surface area (Å²) >= 11 is 7.33. The molecular formula is C10H12ClNO2S. The van der Waals surface area contributed by atoms with Gasteiger partial charge in [-0.25, -0.2) is 0 Å². The largest absolute Gasteiger partial charge is 0.410 e. The van der Waals surface area contributed by atoms with Crippen LogP contribution in [-0.4, -0.2) is 21.7 Å². The van der Waals surface area contributed by atoms with Gasteiger partial charge in [-0.3, -0.25) is 0 Å². The Bertz CT molecular complexity index is 393. The maximum absolute atomic E-state index is 9.11. The Hall–Kier alpha value is -0.710. The first kappa shape index (κ1) is 12.4. The lowest BCUT2D eigenvalue weighted by Crippen LogP contribution is -2.02. The van der Waals surface area contributed by atoms with E-state index in [4.69, 9.17) is 21.9 Å². The first-order valence-electron chi connectivity index (χ1n) is 4.31. The molecule has 0 aliphatic rings. The molecule has 0 spiro atoms. The molecule has 0 saturated heterocycles. The van der Waals surface area contributed by atoms with Crippen molar-refractivity contribution < 1.29 is 10.3 Å². The normalized spacial score (nSPS) is 11.9. The molecule has 1 aromatic rings. The predicted molar refractivity (Wildman–Crippen MR) is 63.1 cm³/mol. The molecule has 0 atom stereocenters. The van der Waals surface area contributed by atoms with E-state index in [1.54, 1.807) is 0 Å². The second kappa shape index (κ2) is 5.39. The van der Waals surface area contributed by atoms with Crippen molar-refractivity contribution in [2.24, 2.45) is 5.16 Å². The summed E-state index contributed by atoms with van der Waals surface area (Å²) in [5.74, 6) is 0. The van der Waals surface area contributed by atoms with Crippen LogP contribution in [0.1, 0.15) is 16.7 Å². The molecule has 0 aromatic heterocycles. The van der Waals surface area contributed by atoms with E-state index in [-0.39, 0.29) is 11.8 Å². The summed E-state index contributed by atoms with van der Waals surface area (Å²) in [7, 11) is 0. The van der Waals surface area contributed by atoms with E-state index >= 15 is 0 Å². The van der Waals surface area contributed by atoms with E-state index in [0.29, 0.717) is 5.56 Å². The number of aliphatic hydroxyl groups is 1. The van der Waals surface area contributed by atoms with Crippen LogP contribution in [0.2, 0.25) is 0 Å². The number of thioether (sulfide) groups is 1. The molecule has 0 bridgehead atoms. The first-order chi connectivity index (χ1) is 7.15. The SMILES string of the molecule is CSc1ccc(CO)c(C)c1/C(Cl)=N/O. The lowest BCUT2D eigenvalue weighted by molar-refractivity contribution is 0.281. The van der Waals surface area contributed by atoms with Gasteiger partial charge in [0.25, 0.3) is 0 Å². The molecule has 3 nitrogen and oxygen atoms in total. The number of halogens is 1.